The summed E-state index contributed by atoms with van der Waals surface area (Å²) in [6.07, 6.45) is 2.84. The van der Waals surface area contributed by atoms with Gasteiger partial charge in [-0.05, 0) is 42.7 Å². The van der Waals surface area contributed by atoms with E-state index in [1.165, 1.54) is 5.71 Å². The lowest BCUT2D eigenvalue weighted by Gasteiger charge is -2.38. The van der Waals surface area contributed by atoms with Crippen molar-refractivity contribution in [2.24, 2.45) is 10.4 Å². The molecule has 2 heterocycles. The van der Waals surface area contributed by atoms with Gasteiger partial charge in [-0.25, -0.2) is 0 Å². The molecule has 2 nitrogen and oxygen atoms in total. The van der Waals surface area contributed by atoms with E-state index in [2.05, 4.69) is 19.9 Å². The second-order valence-corrected chi connectivity index (χ2v) is 8.94. The number of carbonyl (C=O) groups is 1. The van der Waals surface area contributed by atoms with Gasteiger partial charge in [0.1, 0.15) is 0 Å². The van der Waals surface area contributed by atoms with E-state index in [1.807, 2.05) is 30.0 Å². The second kappa shape index (κ2) is 5.49. The molecule has 3 aliphatic rings. The van der Waals surface area contributed by atoms with E-state index < -0.39 is 0 Å². The zero-order valence-electron chi connectivity index (χ0n) is 13.4. The van der Waals surface area contributed by atoms with E-state index in [0.29, 0.717) is 5.25 Å². The van der Waals surface area contributed by atoms with Crippen LogP contribution in [0.3, 0.4) is 0 Å². The number of nitrogens with zero attached hydrogens (tertiary/aromatic N) is 1. The van der Waals surface area contributed by atoms with Crippen LogP contribution in [0.5, 0.6) is 0 Å². The lowest BCUT2D eigenvalue weighted by Crippen LogP contribution is -2.38. The number of ketones is 1. The first-order chi connectivity index (χ1) is 11.0. The van der Waals surface area contributed by atoms with Gasteiger partial charge in [-0.3, -0.25) is 9.79 Å². The van der Waals surface area contributed by atoms with Crippen LogP contribution in [0.2, 0.25) is 5.02 Å². The molecular formula is C19H20ClNOS. The van der Waals surface area contributed by atoms with E-state index in [0.717, 1.165) is 46.9 Å². The minimum absolute atomic E-state index is 0.107. The van der Waals surface area contributed by atoms with E-state index in [4.69, 9.17) is 16.6 Å². The number of allylic oxidation sites excluding steroid dienone is 2. The topological polar surface area (TPSA) is 29.4 Å². The van der Waals surface area contributed by atoms with Crippen molar-refractivity contribution in [3.63, 3.8) is 0 Å². The Balaban J connectivity index is 1.89. The van der Waals surface area contributed by atoms with Crippen LogP contribution in [0, 0.1) is 5.41 Å². The van der Waals surface area contributed by atoms with Gasteiger partial charge in [0.05, 0.1) is 5.25 Å². The largest absolute Gasteiger partial charge is 0.294 e. The summed E-state index contributed by atoms with van der Waals surface area (Å²) in [5.41, 5.74) is 4.13. The van der Waals surface area contributed by atoms with Crippen molar-refractivity contribution in [1.29, 1.82) is 0 Å². The highest BCUT2D eigenvalue weighted by Gasteiger charge is 2.46. The summed E-state index contributed by atoms with van der Waals surface area (Å²) in [6.45, 7) is 4.13. The first kappa shape index (κ1) is 15.5. The molecule has 1 aromatic rings. The van der Waals surface area contributed by atoms with Gasteiger partial charge in [-0.2, -0.15) is 11.8 Å². The average Bonchev–Trinajstić information content (AvgIpc) is 2.97. The summed E-state index contributed by atoms with van der Waals surface area (Å²) >= 11 is 8.17. The Morgan fingerprint density at radius 3 is 2.91 bits per heavy atom. The predicted molar refractivity (Wildman–Crippen MR) is 97.5 cm³/mol. The molecule has 2 aliphatic heterocycles. The normalized spacial score (nSPS) is 29.2. The summed E-state index contributed by atoms with van der Waals surface area (Å²) in [6, 6.07) is 8.01. The highest BCUT2D eigenvalue weighted by molar-refractivity contribution is 8.01. The van der Waals surface area contributed by atoms with Gasteiger partial charge in [0, 0.05) is 33.3 Å². The number of rotatable bonds is 1. The smallest absolute Gasteiger partial charge is 0.166 e. The van der Waals surface area contributed by atoms with Gasteiger partial charge in [-0.1, -0.05) is 37.6 Å². The van der Waals surface area contributed by atoms with Crippen molar-refractivity contribution < 1.29 is 4.79 Å². The molecule has 1 saturated heterocycles. The Bertz CT molecular complexity index is 749. The number of hydrogen-bond donors (Lipinski definition) is 0. The van der Waals surface area contributed by atoms with Crippen molar-refractivity contribution >= 4 is 34.9 Å². The van der Waals surface area contributed by atoms with Crippen LogP contribution in [0.15, 0.2) is 40.5 Å². The van der Waals surface area contributed by atoms with E-state index in [1.54, 1.807) is 0 Å². The van der Waals surface area contributed by atoms with Crippen LogP contribution >= 0.6 is 23.4 Å². The molecule has 4 heteroatoms. The molecule has 23 heavy (non-hydrogen) atoms. The summed E-state index contributed by atoms with van der Waals surface area (Å²) in [5, 5.41) is 1.03. The third-order valence-corrected chi connectivity index (χ3v) is 6.82. The minimum Gasteiger partial charge on any atom is -0.294 e. The Hall–Kier alpha value is -1.06. The first-order valence-corrected chi connectivity index (χ1v) is 9.62. The monoisotopic (exact) mass is 345 g/mol. The highest BCUT2D eigenvalue weighted by atomic mass is 35.5. The fraction of sp³-hybridized carbons (Fsp3) is 0.474. The lowest BCUT2D eigenvalue weighted by atomic mass is 9.68. The van der Waals surface area contributed by atoms with Crippen LogP contribution < -0.4 is 0 Å². The Kier molecular flexibility index (Phi) is 3.69. The van der Waals surface area contributed by atoms with Crippen LogP contribution in [0.1, 0.15) is 44.6 Å². The Labute approximate surface area is 146 Å². The number of halogens is 1. The molecule has 1 fully saturated rings. The minimum atomic E-state index is -0.286. The van der Waals surface area contributed by atoms with Gasteiger partial charge in [0.25, 0.3) is 0 Å². The van der Waals surface area contributed by atoms with E-state index >= 15 is 0 Å². The lowest BCUT2D eigenvalue weighted by molar-refractivity contribution is -0.124. The number of thioether (sulfide) groups is 1. The third-order valence-electron chi connectivity index (χ3n) is 5.24. The Morgan fingerprint density at radius 1 is 1.30 bits per heavy atom. The third kappa shape index (κ3) is 2.49. The van der Waals surface area contributed by atoms with Crippen LogP contribution in [-0.2, 0) is 4.79 Å². The average molecular weight is 346 g/mol. The molecule has 1 aromatic carbocycles. The second-order valence-electron chi connectivity index (χ2n) is 7.25. The number of fused-ring (bicyclic) bond motifs is 1. The van der Waals surface area contributed by atoms with Crippen molar-refractivity contribution in [3.8, 4) is 0 Å². The fourth-order valence-electron chi connectivity index (χ4n) is 3.91. The SMILES string of the molecule is CC1(C)CCC2=C(C1=O)C(c1cccc(Cl)c1)C1SCCC1=N2. The number of carbonyl (C=O) groups excluding carboxylic acids is 1. The molecule has 0 spiro atoms. The van der Waals surface area contributed by atoms with Gasteiger partial charge < -0.3 is 0 Å². The highest BCUT2D eigenvalue weighted by Crippen LogP contribution is 2.50. The molecule has 0 bridgehead atoms. The molecule has 0 radical (unpaired) electrons. The summed E-state index contributed by atoms with van der Waals surface area (Å²) in [7, 11) is 0. The van der Waals surface area contributed by atoms with Crippen molar-refractivity contribution in [2.45, 2.75) is 44.3 Å². The Morgan fingerprint density at radius 2 is 2.13 bits per heavy atom. The number of benzene rings is 1. The van der Waals surface area contributed by atoms with Gasteiger partial charge >= 0.3 is 0 Å². The van der Waals surface area contributed by atoms with Gasteiger partial charge in [0.2, 0.25) is 0 Å². The number of Topliss-reactive ketones (excluding diaryl/α,β-unsaturated/α-hetero) is 1. The van der Waals surface area contributed by atoms with Crippen molar-refractivity contribution in [1.82, 2.24) is 0 Å². The quantitative estimate of drug-likeness (QED) is 0.714. The standard InChI is InChI=1S/C19H20ClNOS/c1-19(2)8-6-13-16(18(19)22)15(11-4-3-5-12(20)10-11)17-14(21-13)7-9-23-17/h3-5,10,15,17H,6-9H2,1-2H3. The van der Waals surface area contributed by atoms with E-state index in [9.17, 15) is 4.79 Å². The molecule has 0 amide bonds. The predicted octanol–water partition coefficient (Wildman–Crippen LogP) is 5.03. The molecular weight excluding hydrogens is 326 g/mol. The number of hydrogen-bond acceptors (Lipinski definition) is 3. The molecule has 0 N–H and O–H groups in total. The van der Waals surface area contributed by atoms with Crippen LogP contribution in [-0.4, -0.2) is 22.5 Å². The van der Waals surface area contributed by atoms with Crippen LogP contribution in [0.4, 0.5) is 0 Å². The summed E-state index contributed by atoms with van der Waals surface area (Å²) in [5.74, 6) is 1.48. The molecule has 4 rings (SSSR count). The molecule has 120 valence electrons. The molecule has 2 unspecified atom stereocenters. The summed E-state index contributed by atoms with van der Waals surface area (Å²) in [4.78, 5) is 18.1. The molecule has 1 aliphatic carbocycles. The fourth-order valence-corrected chi connectivity index (χ4v) is 5.54. The summed E-state index contributed by atoms with van der Waals surface area (Å²) < 4.78 is 0. The maximum Gasteiger partial charge on any atom is 0.166 e. The van der Waals surface area contributed by atoms with Crippen molar-refractivity contribution in [2.75, 3.05) is 5.75 Å². The van der Waals surface area contributed by atoms with E-state index in [-0.39, 0.29) is 17.1 Å². The van der Waals surface area contributed by atoms with Crippen molar-refractivity contribution in [3.05, 3.63) is 46.1 Å². The zero-order valence-corrected chi connectivity index (χ0v) is 15.0. The first-order valence-electron chi connectivity index (χ1n) is 8.20. The van der Waals surface area contributed by atoms with Gasteiger partial charge in [0.15, 0.2) is 5.78 Å². The molecule has 0 saturated carbocycles. The van der Waals surface area contributed by atoms with Gasteiger partial charge in [-0.15, -0.1) is 0 Å². The zero-order chi connectivity index (χ0) is 16.2. The molecule has 0 aromatic heterocycles. The maximum atomic E-state index is 13.2. The number of aliphatic imine (C=N–C) groups is 1. The van der Waals surface area contributed by atoms with Crippen LogP contribution in [0.25, 0.3) is 0 Å². The molecule has 2 atom stereocenters. The maximum absolute atomic E-state index is 13.2.